The van der Waals surface area contributed by atoms with Crippen molar-refractivity contribution in [3.63, 3.8) is 0 Å². The average Bonchev–Trinajstić information content (AvgIpc) is 2.98. The SMILES string of the molecule is CCOC(=O)c1sc(NC(=O)c2nn(C)c(=O)c3ccccc23)nc1C. The van der Waals surface area contributed by atoms with Crippen molar-refractivity contribution in [2.75, 3.05) is 11.9 Å². The summed E-state index contributed by atoms with van der Waals surface area (Å²) in [7, 11) is 1.48. The van der Waals surface area contributed by atoms with Gasteiger partial charge in [-0.3, -0.25) is 14.9 Å². The number of aryl methyl sites for hydroxylation is 2. The van der Waals surface area contributed by atoms with Crippen LogP contribution in [0.25, 0.3) is 10.8 Å². The predicted octanol–water partition coefficient (Wildman–Crippen LogP) is 2.13. The number of nitrogens with one attached hydrogen (secondary N) is 1. The van der Waals surface area contributed by atoms with Crippen LogP contribution in [0.15, 0.2) is 29.1 Å². The van der Waals surface area contributed by atoms with Crippen LogP contribution < -0.4 is 10.9 Å². The summed E-state index contributed by atoms with van der Waals surface area (Å²) in [5.41, 5.74) is 0.294. The predicted molar refractivity (Wildman–Crippen MR) is 97.7 cm³/mol. The lowest BCUT2D eigenvalue weighted by Crippen LogP contribution is -2.25. The van der Waals surface area contributed by atoms with Gasteiger partial charge in [0.1, 0.15) is 4.88 Å². The number of fused-ring (bicyclic) bond motifs is 1. The summed E-state index contributed by atoms with van der Waals surface area (Å²) in [6.07, 6.45) is 0. The second kappa shape index (κ2) is 7.04. The van der Waals surface area contributed by atoms with Crippen molar-refractivity contribution in [1.29, 1.82) is 0 Å². The number of nitrogens with zero attached hydrogens (tertiary/aromatic N) is 3. The largest absolute Gasteiger partial charge is 0.462 e. The minimum atomic E-state index is -0.513. The smallest absolute Gasteiger partial charge is 0.350 e. The van der Waals surface area contributed by atoms with Crippen molar-refractivity contribution in [3.8, 4) is 0 Å². The van der Waals surface area contributed by atoms with E-state index in [-0.39, 0.29) is 23.0 Å². The summed E-state index contributed by atoms with van der Waals surface area (Å²) in [5.74, 6) is -0.991. The molecule has 0 aliphatic rings. The molecule has 2 aromatic heterocycles. The van der Waals surface area contributed by atoms with E-state index in [1.54, 1.807) is 38.1 Å². The van der Waals surface area contributed by atoms with Gasteiger partial charge in [0.15, 0.2) is 10.8 Å². The number of hydrogen-bond donors (Lipinski definition) is 1. The monoisotopic (exact) mass is 372 g/mol. The summed E-state index contributed by atoms with van der Waals surface area (Å²) in [5, 5.41) is 7.82. The van der Waals surface area contributed by atoms with E-state index in [2.05, 4.69) is 15.4 Å². The van der Waals surface area contributed by atoms with E-state index >= 15 is 0 Å². The Morgan fingerprint density at radius 2 is 1.96 bits per heavy atom. The first-order valence-electron chi connectivity index (χ1n) is 7.84. The molecular formula is C17H16N4O4S. The van der Waals surface area contributed by atoms with Crippen molar-refractivity contribution in [1.82, 2.24) is 14.8 Å². The first kappa shape index (κ1) is 17.7. The Bertz CT molecular complexity index is 1070. The summed E-state index contributed by atoms with van der Waals surface area (Å²) < 4.78 is 6.09. The number of thiazole rings is 1. The van der Waals surface area contributed by atoms with Gasteiger partial charge in [0.05, 0.1) is 17.7 Å². The van der Waals surface area contributed by atoms with Gasteiger partial charge < -0.3 is 4.74 Å². The van der Waals surface area contributed by atoms with Gasteiger partial charge in [-0.25, -0.2) is 14.5 Å². The Hall–Kier alpha value is -3.07. The van der Waals surface area contributed by atoms with Gasteiger partial charge in [0.25, 0.3) is 11.5 Å². The zero-order chi connectivity index (χ0) is 18.8. The first-order chi connectivity index (χ1) is 12.4. The summed E-state index contributed by atoms with van der Waals surface area (Å²) in [4.78, 5) is 41.2. The molecule has 0 radical (unpaired) electrons. The molecule has 0 spiro atoms. The molecule has 0 bridgehead atoms. The number of rotatable bonds is 4. The van der Waals surface area contributed by atoms with E-state index in [1.165, 1.54) is 7.05 Å². The number of benzene rings is 1. The number of carbonyl (C=O) groups excluding carboxylic acids is 2. The van der Waals surface area contributed by atoms with Crippen LogP contribution in [0.2, 0.25) is 0 Å². The number of esters is 1. The lowest BCUT2D eigenvalue weighted by Gasteiger charge is -2.07. The van der Waals surface area contributed by atoms with E-state index in [0.29, 0.717) is 21.3 Å². The van der Waals surface area contributed by atoms with Crippen molar-refractivity contribution >= 4 is 39.1 Å². The molecule has 1 amide bonds. The van der Waals surface area contributed by atoms with E-state index in [1.807, 2.05) is 0 Å². The third kappa shape index (κ3) is 3.21. The van der Waals surface area contributed by atoms with Crippen molar-refractivity contribution in [3.05, 3.63) is 50.9 Å². The van der Waals surface area contributed by atoms with E-state index in [9.17, 15) is 14.4 Å². The molecule has 3 rings (SSSR count). The molecule has 2 heterocycles. The molecule has 0 fully saturated rings. The standard InChI is InChI=1S/C17H16N4O4S/c1-4-25-16(24)13-9(2)18-17(26-13)19-14(22)12-10-7-5-6-8-11(10)15(23)21(3)20-12/h5-8H,4H2,1-3H3,(H,18,19,22). The number of ether oxygens (including phenoxy) is 1. The minimum absolute atomic E-state index is 0.105. The fraction of sp³-hybridized carbons (Fsp3) is 0.235. The molecule has 26 heavy (non-hydrogen) atoms. The highest BCUT2D eigenvalue weighted by molar-refractivity contribution is 7.17. The van der Waals surface area contributed by atoms with Gasteiger partial charge in [-0.2, -0.15) is 5.10 Å². The van der Waals surface area contributed by atoms with Gasteiger partial charge in [-0.05, 0) is 19.9 Å². The van der Waals surface area contributed by atoms with Gasteiger partial charge in [0, 0.05) is 12.4 Å². The Kier molecular flexibility index (Phi) is 4.81. The highest BCUT2D eigenvalue weighted by Gasteiger charge is 2.20. The number of anilines is 1. The Morgan fingerprint density at radius 3 is 2.65 bits per heavy atom. The minimum Gasteiger partial charge on any atom is -0.462 e. The molecule has 0 aliphatic carbocycles. The Labute approximate surface area is 152 Å². The van der Waals surface area contributed by atoms with Gasteiger partial charge in [-0.1, -0.05) is 29.5 Å². The van der Waals surface area contributed by atoms with Crippen LogP contribution in [0.3, 0.4) is 0 Å². The molecule has 8 nitrogen and oxygen atoms in total. The van der Waals surface area contributed by atoms with Crippen LogP contribution in [0, 0.1) is 6.92 Å². The zero-order valence-electron chi connectivity index (χ0n) is 14.4. The second-order valence-electron chi connectivity index (χ2n) is 5.43. The third-order valence-corrected chi connectivity index (χ3v) is 4.70. The molecule has 1 N–H and O–H groups in total. The number of aromatic nitrogens is 3. The molecule has 1 aromatic carbocycles. The maximum atomic E-state index is 12.7. The van der Waals surface area contributed by atoms with E-state index in [0.717, 1.165) is 16.0 Å². The number of amides is 1. The highest BCUT2D eigenvalue weighted by atomic mass is 32.1. The molecule has 0 unspecified atom stereocenters. The van der Waals surface area contributed by atoms with Crippen LogP contribution in [0.4, 0.5) is 5.13 Å². The average molecular weight is 372 g/mol. The zero-order valence-corrected chi connectivity index (χ0v) is 15.2. The van der Waals surface area contributed by atoms with Gasteiger partial charge >= 0.3 is 5.97 Å². The van der Waals surface area contributed by atoms with Crippen LogP contribution in [-0.2, 0) is 11.8 Å². The third-order valence-electron chi connectivity index (χ3n) is 3.65. The second-order valence-corrected chi connectivity index (χ2v) is 6.43. The van der Waals surface area contributed by atoms with Gasteiger partial charge in [-0.15, -0.1) is 0 Å². The molecule has 3 aromatic rings. The van der Waals surface area contributed by atoms with Crippen LogP contribution in [0.5, 0.6) is 0 Å². The van der Waals surface area contributed by atoms with Crippen molar-refractivity contribution < 1.29 is 14.3 Å². The maximum absolute atomic E-state index is 12.7. The molecule has 0 saturated carbocycles. The normalized spacial score (nSPS) is 10.7. The van der Waals surface area contributed by atoms with Gasteiger partial charge in [0.2, 0.25) is 0 Å². The summed E-state index contributed by atoms with van der Waals surface area (Å²) >= 11 is 1.03. The quantitative estimate of drug-likeness (QED) is 0.704. The summed E-state index contributed by atoms with van der Waals surface area (Å²) in [6.45, 7) is 3.64. The van der Waals surface area contributed by atoms with Crippen molar-refractivity contribution in [2.45, 2.75) is 13.8 Å². The van der Waals surface area contributed by atoms with Crippen molar-refractivity contribution in [2.24, 2.45) is 7.05 Å². The lowest BCUT2D eigenvalue weighted by atomic mass is 10.1. The Balaban J connectivity index is 1.96. The lowest BCUT2D eigenvalue weighted by molar-refractivity contribution is 0.0531. The highest BCUT2D eigenvalue weighted by Crippen LogP contribution is 2.24. The molecular weight excluding hydrogens is 356 g/mol. The molecule has 9 heteroatoms. The van der Waals surface area contributed by atoms with Crippen LogP contribution >= 0.6 is 11.3 Å². The number of carbonyl (C=O) groups is 2. The van der Waals surface area contributed by atoms with E-state index < -0.39 is 11.9 Å². The molecule has 0 saturated heterocycles. The molecule has 0 aliphatic heterocycles. The number of hydrogen-bond acceptors (Lipinski definition) is 7. The molecule has 134 valence electrons. The van der Waals surface area contributed by atoms with Crippen LogP contribution in [0.1, 0.15) is 32.8 Å². The van der Waals surface area contributed by atoms with E-state index in [4.69, 9.17) is 4.74 Å². The first-order valence-corrected chi connectivity index (χ1v) is 8.66. The maximum Gasteiger partial charge on any atom is 0.350 e. The molecule has 0 atom stereocenters. The fourth-order valence-electron chi connectivity index (χ4n) is 2.46. The van der Waals surface area contributed by atoms with Crippen LogP contribution in [-0.4, -0.2) is 33.2 Å². The Morgan fingerprint density at radius 1 is 1.27 bits per heavy atom. The topological polar surface area (TPSA) is 103 Å². The fourth-order valence-corrected chi connectivity index (χ4v) is 3.31. The summed E-state index contributed by atoms with van der Waals surface area (Å²) in [6, 6.07) is 6.76.